The van der Waals surface area contributed by atoms with E-state index in [0.29, 0.717) is 13.0 Å². The molecule has 0 saturated carbocycles. The van der Waals surface area contributed by atoms with Gasteiger partial charge in [0.1, 0.15) is 6.04 Å². The fourth-order valence-electron chi connectivity index (χ4n) is 0.862. The van der Waals surface area contributed by atoms with Crippen molar-refractivity contribution in [3.05, 3.63) is 0 Å². The van der Waals surface area contributed by atoms with Crippen LogP contribution in [0, 0.1) is 0 Å². The molecule has 51 valence electrons. The minimum atomic E-state index is -0.456. The molecule has 0 aliphatic carbocycles. The lowest BCUT2D eigenvalue weighted by atomic mass is 10.2. The van der Waals surface area contributed by atoms with Crippen molar-refractivity contribution in [2.24, 2.45) is 5.73 Å². The van der Waals surface area contributed by atoms with Gasteiger partial charge in [-0.25, -0.2) is 5.32 Å². The number of primary amides is 1. The molecular formula is C5H9N2O2. The molecule has 1 rings (SSSR count). The number of nitrogens with two attached hydrogens (primary N) is 1. The lowest BCUT2D eigenvalue weighted by molar-refractivity contribution is -0.119. The molecule has 1 aliphatic heterocycles. The van der Waals surface area contributed by atoms with Gasteiger partial charge < -0.3 is 10.8 Å². The lowest BCUT2D eigenvalue weighted by Gasteiger charge is -1.99. The van der Waals surface area contributed by atoms with E-state index in [1.807, 2.05) is 0 Å². The average molecular weight is 129 g/mol. The third kappa shape index (κ3) is 1.40. The van der Waals surface area contributed by atoms with Gasteiger partial charge in [-0.3, -0.25) is 4.79 Å². The molecule has 0 unspecified atom stereocenters. The van der Waals surface area contributed by atoms with Crippen molar-refractivity contribution in [1.29, 1.82) is 0 Å². The van der Waals surface area contributed by atoms with Crippen molar-refractivity contribution >= 4 is 5.91 Å². The number of aliphatic hydroxyl groups is 1. The number of carbonyl (C=O) groups is 1. The molecule has 4 nitrogen and oxygen atoms in total. The Morgan fingerprint density at radius 1 is 1.78 bits per heavy atom. The van der Waals surface area contributed by atoms with Gasteiger partial charge in [-0.1, -0.05) is 0 Å². The van der Waals surface area contributed by atoms with Crippen LogP contribution in [0.5, 0.6) is 0 Å². The Hall–Kier alpha value is -0.610. The highest BCUT2D eigenvalue weighted by Gasteiger charge is 2.27. The van der Waals surface area contributed by atoms with Crippen LogP contribution in [0.15, 0.2) is 0 Å². The van der Waals surface area contributed by atoms with E-state index in [1.54, 1.807) is 0 Å². The summed E-state index contributed by atoms with van der Waals surface area (Å²) in [5.41, 5.74) is 4.92. The van der Waals surface area contributed by atoms with Gasteiger partial charge in [-0.05, 0) is 0 Å². The number of rotatable bonds is 1. The monoisotopic (exact) mass is 129 g/mol. The topological polar surface area (TPSA) is 77.4 Å². The predicted octanol–water partition coefficient (Wildman–Crippen LogP) is -1.79. The van der Waals surface area contributed by atoms with E-state index in [2.05, 4.69) is 5.32 Å². The predicted molar refractivity (Wildman–Crippen MR) is 30.6 cm³/mol. The van der Waals surface area contributed by atoms with Crippen LogP contribution < -0.4 is 11.1 Å². The molecule has 0 aromatic carbocycles. The Morgan fingerprint density at radius 3 is 2.67 bits per heavy atom. The second-order valence-corrected chi connectivity index (χ2v) is 2.17. The van der Waals surface area contributed by atoms with Gasteiger partial charge in [-0.2, -0.15) is 0 Å². The fourth-order valence-corrected chi connectivity index (χ4v) is 0.862. The van der Waals surface area contributed by atoms with Crippen molar-refractivity contribution in [2.75, 3.05) is 6.54 Å². The first-order valence-corrected chi connectivity index (χ1v) is 2.84. The van der Waals surface area contributed by atoms with E-state index in [0.717, 1.165) is 0 Å². The second-order valence-electron chi connectivity index (χ2n) is 2.17. The number of carbonyl (C=O) groups excluding carboxylic acids is 1. The van der Waals surface area contributed by atoms with E-state index >= 15 is 0 Å². The summed E-state index contributed by atoms with van der Waals surface area (Å²) in [5.74, 6) is -0.438. The first kappa shape index (κ1) is 6.51. The molecule has 1 radical (unpaired) electrons. The summed E-state index contributed by atoms with van der Waals surface area (Å²) in [6.45, 7) is 0.355. The maximum Gasteiger partial charge on any atom is 0.236 e. The van der Waals surface area contributed by atoms with E-state index in [-0.39, 0.29) is 0 Å². The summed E-state index contributed by atoms with van der Waals surface area (Å²) >= 11 is 0. The molecule has 3 N–H and O–H groups in total. The first-order valence-electron chi connectivity index (χ1n) is 2.84. The SMILES string of the molecule is NC(=O)[C@H]1C[C@@H](O)C[N]1. The van der Waals surface area contributed by atoms with Crippen LogP contribution >= 0.6 is 0 Å². The van der Waals surface area contributed by atoms with Crippen LogP contribution in [0.2, 0.25) is 0 Å². The lowest BCUT2D eigenvalue weighted by Crippen LogP contribution is -2.32. The molecule has 0 spiro atoms. The fraction of sp³-hybridized carbons (Fsp3) is 0.800. The third-order valence-corrected chi connectivity index (χ3v) is 1.36. The smallest absolute Gasteiger partial charge is 0.236 e. The van der Waals surface area contributed by atoms with Crippen molar-refractivity contribution in [3.8, 4) is 0 Å². The average Bonchev–Trinajstić information content (AvgIpc) is 2.14. The van der Waals surface area contributed by atoms with Gasteiger partial charge in [-0.15, -0.1) is 0 Å². The van der Waals surface area contributed by atoms with Gasteiger partial charge in [0.15, 0.2) is 0 Å². The molecule has 0 bridgehead atoms. The van der Waals surface area contributed by atoms with Gasteiger partial charge in [0, 0.05) is 13.0 Å². The first-order chi connectivity index (χ1) is 4.20. The zero-order valence-electron chi connectivity index (χ0n) is 4.95. The van der Waals surface area contributed by atoms with Crippen molar-refractivity contribution < 1.29 is 9.90 Å². The van der Waals surface area contributed by atoms with Crippen molar-refractivity contribution in [2.45, 2.75) is 18.6 Å². The summed E-state index contributed by atoms with van der Waals surface area (Å²) < 4.78 is 0. The molecule has 2 atom stereocenters. The molecular weight excluding hydrogens is 120 g/mol. The van der Waals surface area contributed by atoms with Crippen LogP contribution in [0.1, 0.15) is 6.42 Å². The maximum atomic E-state index is 10.4. The number of hydrogen-bond acceptors (Lipinski definition) is 2. The highest BCUT2D eigenvalue weighted by atomic mass is 16.3. The zero-order chi connectivity index (χ0) is 6.85. The minimum Gasteiger partial charge on any atom is -0.392 e. The normalized spacial score (nSPS) is 34.8. The molecule has 9 heavy (non-hydrogen) atoms. The number of nitrogens with zero attached hydrogens (tertiary/aromatic N) is 1. The van der Waals surface area contributed by atoms with Gasteiger partial charge in [0.05, 0.1) is 6.10 Å². The highest BCUT2D eigenvalue weighted by molar-refractivity contribution is 5.80. The molecule has 1 fully saturated rings. The van der Waals surface area contributed by atoms with Crippen molar-refractivity contribution in [3.63, 3.8) is 0 Å². The highest BCUT2D eigenvalue weighted by Crippen LogP contribution is 2.06. The largest absolute Gasteiger partial charge is 0.392 e. The summed E-state index contributed by atoms with van der Waals surface area (Å²) in [6, 6.07) is -0.444. The summed E-state index contributed by atoms with van der Waals surface area (Å²) in [7, 11) is 0. The maximum absolute atomic E-state index is 10.4. The van der Waals surface area contributed by atoms with E-state index in [4.69, 9.17) is 10.8 Å². The Kier molecular flexibility index (Phi) is 1.68. The van der Waals surface area contributed by atoms with E-state index in [1.165, 1.54) is 0 Å². The van der Waals surface area contributed by atoms with E-state index < -0.39 is 18.1 Å². The molecule has 0 aromatic rings. The van der Waals surface area contributed by atoms with Crippen LogP contribution in [-0.4, -0.2) is 29.7 Å². The minimum absolute atomic E-state index is 0.355. The number of amides is 1. The summed E-state index contributed by atoms with van der Waals surface area (Å²) in [6.07, 6.45) is -0.0579. The molecule has 4 heteroatoms. The third-order valence-electron chi connectivity index (χ3n) is 1.36. The molecule has 1 aliphatic rings. The Bertz CT molecular complexity index is 126. The Balaban J connectivity index is 2.39. The van der Waals surface area contributed by atoms with Crippen LogP contribution in [0.4, 0.5) is 0 Å². The second kappa shape index (κ2) is 2.33. The summed E-state index contributed by atoms with van der Waals surface area (Å²) in [5, 5.41) is 12.6. The number of aliphatic hydroxyl groups excluding tert-OH is 1. The Morgan fingerprint density at radius 2 is 2.44 bits per heavy atom. The molecule has 1 amide bonds. The van der Waals surface area contributed by atoms with Crippen LogP contribution in [0.25, 0.3) is 0 Å². The van der Waals surface area contributed by atoms with Gasteiger partial charge in [0.25, 0.3) is 0 Å². The zero-order valence-corrected chi connectivity index (χ0v) is 4.95. The Labute approximate surface area is 53.0 Å². The quantitative estimate of drug-likeness (QED) is 0.438. The van der Waals surface area contributed by atoms with Gasteiger partial charge >= 0.3 is 0 Å². The standard InChI is InChI=1S/C5H9N2O2/c6-5(9)4-1-3(8)2-7-4/h3-4,8H,1-2H2,(H2,6,9)/t3-,4-/m1/s1. The van der Waals surface area contributed by atoms with Gasteiger partial charge in [0.2, 0.25) is 5.91 Å². The number of hydrogen-bond donors (Lipinski definition) is 2. The summed E-state index contributed by atoms with van der Waals surface area (Å²) in [4.78, 5) is 10.4. The van der Waals surface area contributed by atoms with Crippen molar-refractivity contribution in [1.82, 2.24) is 5.32 Å². The molecule has 1 saturated heterocycles. The van der Waals surface area contributed by atoms with E-state index in [9.17, 15) is 4.79 Å². The van der Waals surface area contributed by atoms with Crippen LogP contribution in [-0.2, 0) is 4.79 Å². The molecule has 1 heterocycles. The van der Waals surface area contributed by atoms with Crippen LogP contribution in [0.3, 0.4) is 0 Å². The molecule has 0 aromatic heterocycles.